The molecule has 23 heavy (non-hydrogen) atoms. The van der Waals surface area contributed by atoms with Gasteiger partial charge in [-0.3, -0.25) is 5.10 Å². The van der Waals surface area contributed by atoms with Gasteiger partial charge in [0.05, 0.1) is 10.3 Å². The first kappa shape index (κ1) is 15.8. The third-order valence-corrected chi connectivity index (χ3v) is 4.60. The van der Waals surface area contributed by atoms with Crippen LogP contribution in [0.5, 0.6) is 0 Å². The van der Waals surface area contributed by atoms with E-state index in [1.54, 1.807) is 0 Å². The van der Waals surface area contributed by atoms with Crippen molar-refractivity contribution >= 4 is 48.5 Å². The number of hydrogen-bond donors (Lipinski definition) is 3. The van der Waals surface area contributed by atoms with Crippen molar-refractivity contribution in [2.24, 2.45) is 5.14 Å². The van der Waals surface area contributed by atoms with Crippen LogP contribution in [-0.2, 0) is 16.7 Å². The largest absolute Gasteiger partial charge is 0.339 e. The van der Waals surface area contributed by atoms with Crippen LogP contribution in [-0.4, -0.2) is 28.6 Å². The highest BCUT2D eigenvalue weighted by Gasteiger charge is 2.15. The second kappa shape index (κ2) is 5.83. The highest BCUT2D eigenvalue weighted by Crippen LogP contribution is 2.30. The number of hydrogen-bond acceptors (Lipinski definition) is 6. The number of nitrogens with one attached hydrogen (secondary N) is 2. The molecule has 0 saturated carbocycles. The predicted octanol–water partition coefficient (Wildman–Crippen LogP) is 1.98. The molecule has 2 aromatic heterocycles. The van der Waals surface area contributed by atoms with Crippen molar-refractivity contribution in [3.05, 3.63) is 34.7 Å². The molecule has 0 atom stereocenters. The fourth-order valence-corrected chi connectivity index (χ4v) is 3.00. The van der Waals surface area contributed by atoms with Gasteiger partial charge in [-0.2, -0.15) is 5.10 Å². The van der Waals surface area contributed by atoms with E-state index in [1.807, 2.05) is 0 Å². The van der Waals surface area contributed by atoms with Gasteiger partial charge in [0.1, 0.15) is 23.4 Å². The lowest BCUT2D eigenvalue weighted by Gasteiger charge is -2.11. The molecule has 2 heterocycles. The first-order valence-electron chi connectivity index (χ1n) is 6.23. The van der Waals surface area contributed by atoms with Crippen LogP contribution in [0.25, 0.3) is 11.0 Å². The second-order valence-corrected chi connectivity index (χ2v) is 6.94. The summed E-state index contributed by atoms with van der Waals surface area (Å²) < 4.78 is 36.7. The molecule has 0 unspecified atom stereocenters. The standard InChI is InChI=1S/C12H10BrFN6O2S/c13-10-9-11(16-5-17-12(9)20-19-10)18-8-3-7(23(15,21)22)2-1-6(8)4-14/h1-3,5H,4H2,(H2,15,21,22)(H2,16,17,18,19,20). The molecule has 0 amide bonds. The molecule has 3 aromatic rings. The summed E-state index contributed by atoms with van der Waals surface area (Å²) >= 11 is 3.28. The number of halogens is 2. The number of nitrogens with zero attached hydrogens (tertiary/aromatic N) is 3. The number of rotatable bonds is 4. The number of nitrogens with two attached hydrogens (primary N) is 1. The fourth-order valence-electron chi connectivity index (χ4n) is 2.01. The maximum absolute atomic E-state index is 13.2. The van der Waals surface area contributed by atoms with E-state index >= 15 is 0 Å². The molecular weight excluding hydrogens is 391 g/mol. The highest BCUT2D eigenvalue weighted by atomic mass is 79.9. The average molecular weight is 401 g/mol. The van der Waals surface area contributed by atoms with Gasteiger partial charge < -0.3 is 5.32 Å². The molecule has 0 aliphatic heterocycles. The number of alkyl halides is 1. The van der Waals surface area contributed by atoms with Crippen molar-refractivity contribution in [2.75, 3.05) is 5.32 Å². The molecule has 0 saturated heterocycles. The molecule has 0 bridgehead atoms. The van der Waals surface area contributed by atoms with Crippen molar-refractivity contribution in [3.63, 3.8) is 0 Å². The van der Waals surface area contributed by atoms with Crippen LogP contribution < -0.4 is 10.5 Å². The topological polar surface area (TPSA) is 127 Å². The molecule has 1 aromatic carbocycles. The average Bonchev–Trinajstić information content (AvgIpc) is 2.89. The van der Waals surface area contributed by atoms with E-state index in [0.717, 1.165) is 0 Å². The van der Waals surface area contributed by atoms with Crippen molar-refractivity contribution in [1.82, 2.24) is 20.2 Å². The van der Waals surface area contributed by atoms with Gasteiger partial charge >= 0.3 is 0 Å². The normalized spacial score (nSPS) is 11.8. The van der Waals surface area contributed by atoms with E-state index in [1.165, 1.54) is 24.5 Å². The van der Waals surface area contributed by atoms with Crippen LogP contribution in [0.2, 0.25) is 0 Å². The smallest absolute Gasteiger partial charge is 0.238 e. The van der Waals surface area contributed by atoms with Crippen LogP contribution in [0.4, 0.5) is 15.9 Å². The Balaban J connectivity index is 2.13. The Bertz CT molecular complexity index is 990. The van der Waals surface area contributed by atoms with E-state index in [0.29, 0.717) is 21.5 Å². The number of fused-ring (bicyclic) bond motifs is 1. The monoisotopic (exact) mass is 400 g/mol. The minimum absolute atomic E-state index is 0.131. The molecule has 4 N–H and O–H groups in total. The summed E-state index contributed by atoms with van der Waals surface area (Å²) in [6, 6.07) is 3.86. The number of aromatic amines is 1. The lowest BCUT2D eigenvalue weighted by molar-refractivity contribution is 0.486. The number of primary sulfonamides is 1. The number of aromatic nitrogens is 4. The number of benzene rings is 1. The SMILES string of the molecule is NS(=O)(=O)c1ccc(CF)c(Nc2ncnc3n[nH]c(Br)c23)c1. The summed E-state index contributed by atoms with van der Waals surface area (Å²) in [5.74, 6) is 0.344. The van der Waals surface area contributed by atoms with E-state index in [-0.39, 0.29) is 16.1 Å². The van der Waals surface area contributed by atoms with E-state index in [9.17, 15) is 12.8 Å². The molecule has 0 fully saturated rings. The van der Waals surface area contributed by atoms with E-state index < -0.39 is 16.7 Å². The molecule has 0 radical (unpaired) electrons. The summed E-state index contributed by atoms with van der Waals surface area (Å²) in [6.07, 6.45) is 1.29. The molecule has 8 nitrogen and oxygen atoms in total. The second-order valence-electron chi connectivity index (χ2n) is 4.58. The van der Waals surface area contributed by atoms with Gasteiger partial charge in [-0.1, -0.05) is 6.07 Å². The maximum atomic E-state index is 13.2. The molecule has 0 aliphatic rings. The number of sulfonamides is 1. The van der Waals surface area contributed by atoms with Gasteiger partial charge in [-0.15, -0.1) is 0 Å². The molecule has 120 valence electrons. The van der Waals surface area contributed by atoms with Gasteiger partial charge in [-0.25, -0.2) is 27.9 Å². The molecular formula is C12H10BrFN6O2S. The lowest BCUT2D eigenvalue weighted by Crippen LogP contribution is -2.12. The van der Waals surface area contributed by atoms with Gasteiger partial charge in [0.2, 0.25) is 10.0 Å². The quantitative estimate of drug-likeness (QED) is 0.614. The summed E-state index contributed by atoms with van der Waals surface area (Å²) in [5, 5.41) is 15.2. The van der Waals surface area contributed by atoms with Gasteiger partial charge in [0.15, 0.2) is 5.65 Å². The van der Waals surface area contributed by atoms with Crippen LogP contribution in [0.3, 0.4) is 0 Å². The van der Waals surface area contributed by atoms with Crippen LogP contribution in [0.1, 0.15) is 5.56 Å². The van der Waals surface area contributed by atoms with Crippen LogP contribution in [0, 0.1) is 0 Å². The third kappa shape index (κ3) is 3.02. The Morgan fingerprint density at radius 1 is 1.35 bits per heavy atom. The minimum Gasteiger partial charge on any atom is -0.339 e. The van der Waals surface area contributed by atoms with E-state index in [2.05, 4.69) is 41.4 Å². The molecule has 3 rings (SSSR count). The van der Waals surface area contributed by atoms with Gasteiger partial charge in [0.25, 0.3) is 0 Å². The third-order valence-electron chi connectivity index (χ3n) is 3.11. The summed E-state index contributed by atoms with van der Waals surface area (Å²) in [4.78, 5) is 7.95. The Labute approximate surface area is 138 Å². The van der Waals surface area contributed by atoms with Crippen LogP contribution in [0.15, 0.2) is 34.0 Å². The Morgan fingerprint density at radius 2 is 2.13 bits per heavy atom. The number of anilines is 2. The zero-order valence-electron chi connectivity index (χ0n) is 11.4. The maximum Gasteiger partial charge on any atom is 0.238 e. The van der Waals surface area contributed by atoms with Crippen molar-refractivity contribution in [3.8, 4) is 0 Å². The van der Waals surface area contributed by atoms with E-state index in [4.69, 9.17) is 5.14 Å². The van der Waals surface area contributed by atoms with Gasteiger partial charge in [0, 0.05) is 11.3 Å². The Morgan fingerprint density at radius 3 is 2.83 bits per heavy atom. The van der Waals surface area contributed by atoms with Crippen molar-refractivity contribution in [2.45, 2.75) is 11.6 Å². The Hall–Kier alpha value is -2.11. The van der Waals surface area contributed by atoms with Crippen molar-refractivity contribution < 1.29 is 12.8 Å². The zero-order chi connectivity index (χ0) is 16.6. The zero-order valence-corrected chi connectivity index (χ0v) is 13.8. The predicted molar refractivity (Wildman–Crippen MR) is 85.3 cm³/mol. The van der Waals surface area contributed by atoms with Gasteiger partial charge in [-0.05, 0) is 28.1 Å². The fraction of sp³-hybridized carbons (Fsp3) is 0.0833. The summed E-state index contributed by atoms with van der Waals surface area (Å²) in [6.45, 7) is -0.784. The highest BCUT2D eigenvalue weighted by molar-refractivity contribution is 9.10. The lowest BCUT2D eigenvalue weighted by atomic mass is 10.2. The van der Waals surface area contributed by atoms with Crippen LogP contribution >= 0.6 is 15.9 Å². The Kier molecular flexibility index (Phi) is 4.00. The first-order chi connectivity index (χ1) is 10.9. The molecule has 0 aliphatic carbocycles. The van der Waals surface area contributed by atoms with Crippen molar-refractivity contribution in [1.29, 1.82) is 0 Å². The summed E-state index contributed by atoms with van der Waals surface area (Å²) in [7, 11) is -3.91. The minimum atomic E-state index is -3.91. The summed E-state index contributed by atoms with van der Waals surface area (Å²) in [5.41, 5.74) is 0.912. The first-order valence-corrected chi connectivity index (χ1v) is 8.57. The molecule has 11 heteroatoms. The number of H-pyrrole nitrogens is 1. The molecule has 0 spiro atoms.